The highest BCUT2D eigenvalue weighted by Gasteiger charge is 2.12. The van der Waals surface area contributed by atoms with E-state index in [-0.39, 0.29) is 0 Å². The lowest BCUT2D eigenvalue weighted by Crippen LogP contribution is -1.99. The predicted molar refractivity (Wildman–Crippen MR) is 82.8 cm³/mol. The van der Waals surface area contributed by atoms with Crippen molar-refractivity contribution in [1.29, 1.82) is 0 Å². The van der Waals surface area contributed by atoms with E-state index in [0.29, 0.717) is 0 Å². The summed E-state index contributed by atoms with van der Waals surface area (Å²) in [4.78, 5) is 0. The Bertz CT molecular complexity index is 580. The summed E-state index contributed by atoms with van der Waals surface area (Å²) >= 11 is 0. The first-order valence-corrected chi connectivity index (χ1v) is 7.15. The van der Waals surface area contributed by atoms with Crippen molar-refractivity contribution in [3.63, 3.8) is 0 Å². The molecule has 0 nitrogen and oxygen atoms in total. The molecule has 1 aromatic rings. The molecule has 2 aliphatic rings. The summed E-state index contributed by atoms with van der Waals surface area (Å²) in [7, 11) is 0. The van der Waals surface area contributed by atoms with Gasteiger partial charge in [-0.15, -0.1) is 0 Å². The van der Waals surface area contributed by atoms with Crippen LogP contribution in [0.4, 0.5) is 0 Å². The molecule has 0 aromatic heterocycles. The van der Waals surface area contributed by atoms with Crippen molar-refractivity contribution in [2.24, 2.45) is 0 Å². The van der Waals surface area contributed by atoms with E-state index >= 15 is 0 Å². The molecule has 0 bridgehead atoms. The monoisotopic (exact) mass is 248 g/mol. The third kappa shape index (κ3) is 2.78. The van der Waals surface area contributed by atoms with Crippen LogP contribution in [0, 0.1) is 0 Å². The smallest absolute Gasteiger partial charge is 0.0224 e. The lowest BCUT2D eigenvalue weighted by molar-refractivity contribution is 0.874. The topological polar surface area (TPSA) is 0 Å². The Kier molecular flexibility index (Phi) is 3.50. The molecule has 0 radical (unpaired) electrons. The summed E-state index contributed by atoms with van der Waals surface area (Å²) in [6.07, 6.45) is 14.0. The van der Waals surface area contributed by atoms with Gasteiger partial charge in [-0.3, -0.25) is 0 Å². The first kappa shape index (κ1) is 12.2. The van der Waals surface area contributed by atoms with Crippen LogP contribution in [0.25, 0.3) is 5.57 Å². The Labute approximate surface area is 115 Å². The van der Waals surface area contributed by atoms with Crippen LogP contribution >= 0.6 is 0 Å². The quantitative estimate of drug-likeness (QED) is 0.652. The van der Waals surface area contributed by atoms with E-state index < -0.39 is 0 Å². The lowest BCUT2D eigenvalue weighted by atomic mass is 9.86. The van der Waals surface area contributed by atoms with Crippen LogP contribution in [0.3, 0.4) is 0 Å². The summed E-state index contributed by atoms with van der Waals surface area (Å²) in [5.41, 5.74) is 7.40. The van der Waals surface area contributed by atoms with Gasteiger partial charge in [-0.1, -0.05) is 60.2 Å². The molecule has 0 N–H and O–H groups in total. The van der Waals surface area contributed by atoms with E-state index in [4.69, 9.17) is 0 Å². The minimum absolute atomic E-state index is 1.16. The molecule has 0 fully saturated rings. The Morgan fingerprint density at radius 3 is 1.79 bits per heavy atom. The molecule has 0 heterocycles. The number of hydrogen-bond acceptors (Lipinski definition) is 0. The summed E-state index contributed by atoms with van der Waals surface area (Å²) < 4.78 is 0. The van der Waals surface area contributed by atoms with Gasteiger partial charge in [0.25, 0.3) is 0 Å². The molecule has 0 aliphatic heterocycles. The fourth-order valence-corrected chi connectivity index (χ4v) is 2.81. The normalized spacial score (nSPS) is 19.2. The zero-order chi connectivity index (χ0) is 13.1. The molecule has 2 aliphatic carbocycles. The van der Waals surface area contributed by atoms with E-state index in [0.717, 1.165) is 6.42 Å². The third-order valence-corrected chi connectivity index (χ3v) is 4.06. The summed E-state index contributed by atoms with van der Waals surface area (Å²) in [5.74, 6) is 0. The number of allylic oxidation sites excluding steroid dienone is 8. The standard InChI is InChI=1S/C19H20/c1-15-7-9-17(10-8-15)19-13-11-18(12-14-19)16-5-3-2-4-6-16/h2-7,9,11,13H,8,10,12,14H2,1H3. The average molecular weight is 248 g/mol. The Morgan fingerprint density at radius 2 is 1.21 bits per heavy atom. The van der Waals surface area contributed by atoms with Crippen LogP contribution < -0.4 is 0 Å². The number of rotatable bonds is 2. The van der Waals surface area contributed by atoms with Crippen molar-refractivity contribution in [3.8, 4) is 0 Å². The van der Waals surface area contributed by atoms with Crippen LogP contribution in [0.15, 0.2) is 71.4 Å². The van der Waals surface area contributed by atoms with Gasteiger partial charge in [-0.25, -0.2) is 0 Å². The van der Waals surface area contributed by atoms with Crippen molar-refractivity contribution in [3.05, 3.63) is 76.9 Å². The third-order valence-electron chi connectivity index (χ3n) is 4.06. The van der Waals surface area contributed by atoms with Crippen LogP contribution in [-0.2, 0) is 0 Å². The largest absolute Gasteiger partial charge is 0.0730 e. The molecule has 1 aromatic carbocycles. The molecule has 3 rings (SSSR count). The molecule has 0 spiro atoms. The minimum Gasteiger partial charge on any atom is -0.0730 e. The van der Waals surface area contributed by atoms with Gasteiger partial charge in [-0.2, -0.15) is 0 Å². The highest BCUT2D eigenvalue weighted by Crippen LogP contribution is 2.33. The maximum Gasteiger partial charge on any atom is -0.0224 e. The Hall–Kier alpha value is -1.82. The summed E-state index contributed by atoms with van der Waals surface area (Å²) in [6.45, 7) is 2.22. The molecule has 0 amide bonds. The van der Waals surface area contributed by atoms with Crippen LogP contribution in [0.5, 0.6) is 0 Å². The zero-order valence-corrected chi connectivity index (χ0v) is 11.5. The Morgan fingerprint density at radius 1 is 0.632 bits per heavy atom. The highest BCUT2D eigenvalue weighted by molar-refractivity contribution is 5.69. The van der Waals surface area contributed by atoms with Crippen LogP contribution in [-0.4, -0.2) is 0 Å². The van der Waals surface area contributed by atoms with Gasteiger partial charge < -0.3 is 0 Å². The second-order valence-electron chi connectivity index (χ2n) is 5.45. The van der Waals surface area contributed by atoms with Crippen molar-refractivity contribution < 1.29 is 0 Å². The van der Waals surface area contributed by atoms with Gasteiger partial charge in [0.2, 0.25) is 0 Å². The first-order valence-electron chi connectivity index (χ1n) is 7.15. The molecule has 19 heavy (non-hydrogen) atoms. The molecule has 0 unspecified atom stereocenters. The average Bonchev–Trinajstić information content (AvgIpc) is 2.49. The fourth-order valence-electron chi connectivity index (χ4n) is 2.81. The van der Waals surface area contributed by atoms with E-state index in [1.54, 1.807) is 0 Å². The van der Waals surface area contributed by atoms with E-state index in [9.17, 15) is 0 Å². The lowest BCUT2D eigenvalue weighted by Gasteiger charge is -2.19. The molecule has 0 atom stereocenters. The molecular formula is C19H20. The Balaban J connectivity index is 1.82. The molecule has 96 valence electrons. The maximum atomic E-state index is 2.33. The fraction of sp³-hybridized carbons (Fsp3) is 0.263. The zero-order valence-electron chi connectivity index (χ0n) is 11.5. The molecule has 0 saturated heterocycles. The SMILES string of the molecule is CC1=CC=C(C2=CC=C(c3ccccc3)CC2)CC1. The van der Waals surface area contributed by atoms with Gasteiger partial charge in [0.15, 0.2) is 0 Å². The summed E-state index contributed by atoms with van der Waals surface area (Å²) in [6, 6.07) is 10.7. The molecule has 0 saturated carbocycles. The summed E-state index contributed by atoms with van der Waals surface area (Å²) in [5, 5.41) is 0. The van der Waals surface area contributed by atoms with Crippen LogP contribution in [0.2, 0.25) is 0 Å². The first-order chi connectivity index (χ1) is 9.33. The predicted octanol–water partition coefficient (Wildman–Crippen LogP) is 5.46. The van der Waals surface area contributed by atoms with Gasteiger partial charge in [0.05, 0.1) is 0 Å². The van der Waals surface area contributed by atoms with Crippen molar-refractivity contribution >= 4 is 5.57 Å². The van der Waals surface area contributed by atoms with E-state index in [1.807, 2.05) is 0 Å². The number of benzene rings is 1. The van der Waals surface area contributed by atoms with Gasteiger partial charge >= 0.3 is 0 Å². The van der Waals surface area contributed by atoms with Crippen molar-refractivity contribution in [2.75, 3.05) is 0 Å². The van der Waals surface area contributed by atoms with E-state index in [2.05, 4.69) is 61.6 Å². The van der Waals surface area contributed by atoms with E-state index in [1.165, 1.54) is 47.1 Å². The van der Waals surface area contributed by atoms with Gasteiger partial charge in [0, 0.05) is 0 Å². The van der Waals surface area contributed by atoms with Gasteiger partial charge in [0.1, 0.15) is 0 Å². The second-order valence-corrected chi connectivity index (χ2v) is 5.45. The minimum atomic E-state index is 1.16. The van der Waals surface area contributed by atoms with Crippen molar-refractivity contribution in [1.82, 2.24) is 0 Å². The van der Waals surface area contributed by atoms with Gasteiger partial charge in [-0.05, 0) is 54.9 Å². The molecule has 0 heteroatoms. The van der Waals surface area contributed by atoms with Crippen molar-refractivity contribution in [2.45, 2.75) is 32.6 Å². The number of hydrogen-bond donors (Lipinski definition) is 0. The molecular weight excluding hydrogens is 228 g/mol. The second kappa shape index (κ2) is 5.44. The maximum absolute atomic E-state index is 2.33. The van der Waals surface area contributed by atoms with Crippen LogP contribution in [0.1, 0.15) is 38.2 Å². The highest BCUT2D eigenvalue weighted by atomic mass is 14.2.